The molecule has 0 saturated heterocycles. The number of carbonyl (C=O) groups excluding carboxylic acids is 1. The van der Waals surface area contributed by atoms with Gasteiger partial charge in [0.2, 0.25) is 11.8 Å². The number of nitrogens with one attached hydrogen (secondary N) is 1. The third-order valence-corrected chi connectivity index (χ3v) is 3.84. The fourth-order valence-corrected chi connectivity index (χ4v) is 2.44. The number of phenols is 1. The standard InChI is InChI=1S/C19H19N3O4/c1-12-15(11-21-18(24)10-14-5-3-4-8-20-14)22-19(26-12)13-6-7-16(23)17(9-13)25-2/h3-9,23H,10-11H2,1-2H3,(H,21,24). The Hall–Kier alpha value is -3.35. The van der Waals surface area contributed by atoms with Crippen molar-refractivity contribution in [3.05, 3.63) is 59.7 Å². The average molecular weight is 353 g/mol. The monoisotopic (exact) mass is 353 g/mol. The van der Waals surface area contributed by atoms with Gasteiger partial charge in [-0.15, -0.1) is 0 Å². The predicted molar refractivity (Wildman–Crippen MR) is 94.7 cm³/mol. The molecule has 0 spiro atoms. The van der Waals surface area contributed by atoms with Gasteiger partial charge < -0.3 is 19.6 Å². The van der Waals surface area contributed by atoms with E-state index >= 15 is 0 Å². The summed E-state index contributed by atoms with van der Waals surface area (Å²) in [6, 6.07) is 10.3. The molecule has 0 aliphatic carbocycles. The van der Waals surface area contributed by atoms with Gasteiger partial charge in [0.25, 0.3) is 0 Å². The Kier molecular flexibility index (Phi) is 5.17. The summed E-state index contributed by atoms with van der Waals surface area (Å²) in [5, 5.41) is 12.5. The zero-order valence-electron chi connectivity index (χ0n) is 14.5. The molecule has 1 aromatic carbocycles. The van der Waals surface area contributed by atoms with Gasteiger partial charge in [-0.25, -0.2) is 4.98 Å². The molecule has 2 heterocycles. The van der Waals surface area contributed by atoms with Crippen LogP contribution in [0.25, 0.3) is 11.5 Å². The highest BCUT2D eigenvalue weighted by atomic mass is 16.5. The maximum Gasteiger partial charge on any atom is 0.226 e. The van der Waals surface area contributed by atoms with E-state index in [9.17, 15) is 9.90 Å². The Balaban J connectivity index is 1.67. The zero-order chi connectivity index (χ0) is 18.5. The van der Waals surface area contributed by atoms with Gasteiger partial charge in [0, 0.05) is 17.5 Å². The van der Waals surface area contributed by atoms with Crippen LogP contribution in [-0.2, 0) is 17.8 Å². The first-order valence-electron chi connectivity index (χ1n) is 8.07. The van der Waals surface area contributed by atoms with Crippen molar-refractivity contribution in [2.24, 2.45) is 0 Å². The van der Waals surface area contributed by atoms with Gasteiger partial charge in [0.15, 0.2) is 11.5 Å². The van der Waals surface area contributed by atoms with Crippen LogP contribution in [0.1, 0.15) is 17.1 Å². The molecule has 0 atom stereocenters. The largest absolute Gasteiger partial charge is 0.504 e. The summed E-state index contributed by atoms with van der Waals surface area (Å²) in [7, 11) is 1.47. The Morgan fingerprint density at radius 2 is 2.15 bits per heavy atom. The van der Waals surface area contributed by atoms with Gasteiger partial charge in [0.1, 0.15) is 11.5 Å². The van der Waals surface area contributed by atoms with Gasteiger partial charge in [0.05, 0.1) is 20.1 Å². The Labute approximate surface area is 150 Å². The minimum Gasteiger partial charge on any atom is -0.504 e. The number of hydrogen-bond acceptors (Lipinski definition) is 6. The van der Waals surface area contributed by atoms with E-state index < -0.39 is 0 Å². The minimum absolute atomic E-state index is 0.0431. The van der Waals surface area contributed by atoms with Crippen LogP contribution in [0.5, 0.6) is 11.5 Å². The Morgan fingerprint density at radius 1 is 1.31 bits per heavy atom. The first-order valence-corrected chi connectivity index (χ1v) is 8.07. The number of amides is 1. The van der Waals surface area contributed by atoms with Crippen molar-refractivity contribution >= 4 is 5.91 Å². The molecule has 0 radical (unpaired) electrons. The van der Waals surface area contributed by atoms with Crippen LogP contribution < -0.4 is 10.1 Å². The number of pyridine rings is 1. The number of carbonyl (C=O) groups is 1. The summed E-state index contributed by atoms with van der Waals surface area (Å²) >= 11 is 0. The number of nitrogens with zero attached hydrogens (tertiary/aromatic N) is 2. The zero-order valence-corrected chi connectivity index (χ0v) is 14.5. The van der Waals surface area contributed by atoms with E-state index in [1.54, 1.807) is 37.4 Å². The van der Waals surface area contributed by atoms with Crippen molar-refractivity contribution < 1.29 is 19.1 Å². The van der Waals surface area contributed by atoms with E-state index in [-0.39, 0.29) is 24.6 Å². The quantitative estimate of drug-likeness (QED) is 0.707. The summed E-state index contributed by atoms with van der Waals surface area (Å²) < 4.78 is 10.8. The van der Waals surface area contributed by atoms with Crippen molar-refractivity contribution in [1.82, 2.24) is 15.3 Å². The van der Waals surface area contributed by atoms with Crippen molar-refractivity contribution in [3.63, 3.8) is 0 Å². The number of hydrogen-bond donors (Lipinski definition) is 2. The second-order valence-electron chi connectivity index (χ2n) is 5.68. The van der Waals surface area contributed by atoms with Crippen LogP contribution in [0.15, 0.2) is 47.0 Å². The number of ether oxygens (including phenoxy) is 1. The van der Waals surface area contributed by atoms with Crippen molar-refractivity contribution in [3.8, 4) is 23.0 Å². The second kappa shape index (κ2) is 7.69. The lowest BCUT2D eigenvalue weighted by atomic mass is 10.2. The molecule has 7 heteroatoms. The number of aromatic hydroxyl groups is 1. The maximum absolute atomic E-state index is 12.0. The van der Waals surface area contributed by atoms with E-state index in [2.05, 4.69) is 15.3 Å². The molecular formula is C19H19N3O4. The molecule has 0 aliphatic rings. The lowest BCUT2D eigenvalue weighted by Crippen LogP contribution is -2.25. The van der Waals surface area contributed by atoms with Crippen LogP contribution in [0, 0.1) is 6.92 Å². The number of aryl methyl sites for hydroxylation is 1. The van der Waals surface area contributed by atoms with Gasteiger partial charge in [-0.3, -0.25) is 9.78 Å². The Bertz CT molecular complexity index is 906. The van der Waals surface area contributed by atoms with Crippen LogP contribution in [-0.4, -0.2) is 28.1 Å². The average Bonchev–Trinajstić information content (AvgIpc) is 3.02. The number of benzene rings is 1. The normalized spacial score (nSPS) is 10.5. The van der Waals surface area contributed by atoms with Gasteiger partial charge in [-0.05, 0) is 37.3 Å². The summed E-state index contributed by atoms with van der Waals surface area (Å²) in [6.07, 6.45) is 1.86. The summed E-state index contributed by atoms with van der Waals surface area (Å²) in [5.41, 5.74) is 2.02. The van der Waals surface area contributed by atoms with Crippen LogP contribution in [0.4, 0.5) is 0 Å². The van der Waals surface area contributed by atoms with E-state index in [1.165, 1.54) is 13.2 Å². The Morgan fingerprint density at radius 3 is 2.88 bits per heavy atom. The van der Waals surface area contributed by atoms with Crippen LogP contribution in [0.2, 0.25) is 0 Å². The summed E-state index contributed by atoms with van der Waals surface area (Å²) in [5.74, 6) is 1.25. The molecule has 3 rings (SSSR count). The number of phenolic OH excluding ortho intramolecular Hbond substituents is 1. The van der Waals surface area contributed by atoms with Gasteiger partial charge in [-0.2, -0.15) is 0 Å². The highest BCUT2D eigenvalue weighted by Gasteiger charge is 2.14. The maximum atomic E-state index is 12.0. The summed E-state index contributed by atoms with van der Waals surface area (Å²) in [4.78, 5) is 20.6. The molecule has 2 aromatic heterocycles. The van der Waals surface area contributed by atoms with Gasteiger partial charge in [-0.1, -0.05) is 6.07 Å². The molecule has 3 aromatic rings. The first kappa shape index (κ1) is 17.5. The first-order chi connectivity index (χ1) is 12.6. The third-order valence-electron chi connectivity index (χ3n) is 3.84. The highest BCUT2D eigenvalue weighted by Crippen LogP contribution is 2.31. The molecule has 7 nitrogen and oxygen atoms in total. The highest BCUT2D eigenvalue weighted by molar-refractivity contribution is 5.78. The topological polar surface area (TPSA) is 97.5 Å². The van der Waals surface area contributed by atoms with Crippen molar-refractivity contribution in [1.29, 1.82) is 0 Å². The van der Waals surface area contributed by atoms with E-state index in [0.29, 0.717) is 34.4 Å². The lowest BCUT2D eigenvalue weighted by molar-refractivity contribution is -0.120. The number of oxazole rings is 1. The fraction of sp³-hybridized carbons (Fsp3) is 0.211. The molecule has 26 heavy (non-hydrogen) atoms. The van der Waals surface area contributed by atoms with E-state index in [0.717, 1.165) is 0 Å². The third kappa shape index (κ3) is 4.00. The van der Waals surface area contributed by atoms with Crippen LogP contribution in [0.3, 0.4) is 0 Å². The number of aromatic nitrogens is 2. The fourth-order valence-electron chi connectivity index (χ4n) is 2.44. The van der Waals surface area contributed by atoms with Crippen molar-refractivity contribution in [2.75, 3.05) is 7.11 Å². The molecule has 0 saturated carbocycles. The summed E-state index contributed by atoms with van der Waals surface area (Å²) in [6.45, 7) is 2.05. The minimum atomic E-state index is -0.140. The number of rotatable bonds is 6. The molecule has 0 fully saturated rings. The van der Waals surface area contributed by atoms with E-state index in [4.69, 9.17) is 9.15 Å². The smallest absolute Gasteiger partial charge is 0.226 e. The lowest BCUT2D eigenvalue weighted by Gasteiger charge is -2.04. The SMILES string of the molecule is COc1cc(-c2nc(CNC(=O)Cc3ccccn3)c(C)o2)ccc1O. The van der Waals surface area contributed by atoms with Crippen LogP contribution >= 0.6 is 0 Å². The second-order valence-corrected chi connectivity index (χ2v) is 5.68. The molecule has 0 unspecified atom stereocenters. The van der Waals surface area contributed by atoms with E-state index in [1.807, 2.05) is 6.07 Å². The molecule has 134 valence electrons. The predicted octanol–water partition coefficient (Wildman–Crippen LogP) is 2.62. The molecule has 0 bridgehead atoms. The molecule has 2 N–H and O–H groups in total. The van der Waals surface area contributed by atoms with Gasteiger partial charge >= 0.3 is 0 Å². The van der Waals surface area contributed by atoms with Crippen molar-refractivity contribution in [2.45, 2.75) is 19.9 Å². The number of methoxy groups -OCH3 is 1. The molecule has 0 aliphatic heterocycles. The molecular weight excluding hydrogens is 334 g/mol. The molecule has 1 amide bonds.